The molecule has 1 heterocycles. The van der Waals surface area contributed by atoms with E-state index < -0.39 is 0 Å². The maximum Gasteiger partial charge on any atom is 0.268 e. The van der Waals surface area contributed by atoms with Gasteiger partial charge in [-0.1, -0.05) is 23.7 Å². The van der Waals surface area contributed by atoms with E-state index in [1.807, 2.05) is 24.3 Å². The van der Waals surface area contributed by atoms with Crippen LogP contribution in [0.3, 0.4) is 0 Å². The average molecular weight is 235 g/mol. The number of aliphatic hydroxyl groups is 1. The van der Waals surface area contributed by atoms with Gasteiger partial charge in [0.25, 0.3) is 5.56 Å². The predicted molar refractivity (Wildman–Crippen MR) is 64.8 cm³/mol. The molecule has 3 nitrogen and oxygen atoms in total. The van der Waals surface area contributed by atoms with Gasteiger partial charge < -0.3 is 5.11 Å². The van der Waals surface area contributed by atoms with E-state index in [1.165, 1.54) is 11.5 Å². The first-order valence-electron chi connectivity index (χ1n) is 5.44. The summed E-state index contributed by atoms with van der Waals surface area (Å²) in [4.78, 5) is 12.0. The first kappa shape index (κ1) is 10.1. The summed E-state index contributed by atoms with van der Waals surface area (Å²) in [7, 11) is 0. The molecule has 4 heteroatoms. The Labute approximate surface area is 97.1 Å². The number of rotatable bonds is 3. The van der Waals surface area contributed by atoms with Crippen LogP contribution >= 0.6 is 11.5 Å². The lowest BCUT2D eigenvalue weighted by Gasteiger charge is -2.10. The summed E-state index contributed by atoms with van der Waals surface area (Å²) in [6.45, 7) is 0.857. The van der Waals surface area contributed by atoms with E-state index in [1.54, 1.807) is 3.96 Å². The molecule has 1 aliphatic rings. The molecule has 0 spiro atoms. The third-order valence-electron chi connectivity index (χ3n) is 3.32. The fourth-order valence-corrected chi connectivity index (χ4v) is 3.12. The number of aliphatic hydroxyl groups excluding tert-OH is 1. The molecule has 0 atom stereocenters. The van der Waals surface area contributed by atoms with Crippen LogP contribution in [-0.4, -0.2) is 15.7 Å². The zero-order valence-electron chi connectivity index (χ0n) is 8.85. The van der Waals surface area contributed by atoms with Gasteiger partial charge in [0.2, 0.25) is 0 Å². The van der Waals surface area contributed by atoms with E-state index in [0.717, 1.165) is 22.9 Å². The van der Waals surface area contributed by atoms with Gasteiger partial charge in [-0.3, -0.25) is 8.75 Å². The molecule has 0 aliphatic heterocycles. The molecule has 0 amide bonds. The molecular formula is C12H13NO2S. The van der Waals surface area contributed by atoms with Gasteiger partial charge in [0.05, 0.1) is 16.7 Å². The molecule has 84 valence electrons. The van der Waals surface area contributed by atoms with Crippen LogP contribution in [0.4, 0.5) is 0 Å². The van der Waals surface area contributed by atoms with Crippen molar-refractivity contribution in [1.82, 2.24) is 3.96 Å². The SMILES string of the molecule is O=c1c2ccccc2sn1CC1(CO)CC1. The molecular weight excluding hydrogens is 222 g/mol. The van der Waals surface area contributed by atoms with Gasteiger partial charge in [0.1, 0.15) is 0 Å². The van der Waals surface area contributed by atoms with E-state index in [-0.39, 0.29) is 17.6 Å². The van der Waals surface area contributed by atoms with Gasteiger partial charge in [0.15, 0.2) is 0 Å². The molecule has 0 saturated heterocycles. The Balaban J connectivity index is 2.04. The first-order valence-corrected chi connectivity index (χ1v) is 6.21. The minimum Gasteiger partial charge on any atom is -0.396 e. The van der Waals surface area contributed by atoms with Crippen LogP contribution in [0.2, 0.25) is 0 Å². The summed E-state index contributed by atoms with van der Waals surface area (Å²) in [5.74, 6) is 0. The fourth-order valence-electron chi connectivity index (χ4n) is 1.97. The average Bonchev–Trinajstić information content (AvgIpc) is 3.02. The summed E-state index contributed by atoms with van der Waals surface area (Å²) in [5, 5.41) is 10.1. The number of fused-ring (bicyclic) bond motifs is 1. The van der Waals surface area contributed by atoms with E-state index in [4.69, 9.17) is 0 Å². The Hall–Kier alpha value is -1.13. The minimum absolute atomic E-state index is 0.00922. The van der Waals surface area contributed by atoms with Crippen molar-refractivity contribution in [2.75, 3.05) is 6.61 Å². The van der Waals surface area contributed by atoms with Crippen molar-refractivity contribution in [2.45, 2.75) is 19.4 Å². The third kappa shape index (κ3) is 1.49. The molecule has 2 aromatic rings. The Bertz CT molecular complexity index is 580. The Morgan fingerprint density at radius 1 is 1.38 bits per heavy atom. The van der Waals surface area contributed by atoms with Gasteiger partial charge in [-0.05, 0) is 25.0 Å². The number of nitrogens with zero attached hydrogens (tertiary/aromatic N) is 1. The topological polar surface area (TPSA) is 42.2 Å². The van der Waals surface area contributed by atoms with Gasteiger partial charge in [-0.15, -0.1) is 0 Å². The van der Waals surface area contributed by atoms with Crippen molar-refractivity contribution in [3.05, 3.63) is 34.6 Å². The Morgan fingerprint density at radius 3 is 2.75 bits per heavy atom. The summed E-state index contributed by atoms with van der Waals surface area (Å²) in [6.07, 6.45) is 2.06. The van der Waals surface area contributed by atoms with Crippen LogP contribution in [0.1, 0.15) is 12.8 Å². The van der Waals surface area contributed by atoms with E-state index in [9.17, 15) is 9.90 Å². The zero-order valence-corrected chi connectivity index (χ0v) is 9.67. The lowest BCUT2D eigenvalue weighted by atomic mass is 10.1. The molecule has 1 aliphatic carbocycles. The molecule has 1 fully saturated rings. The van der Waals surface area contributed by atoms with Gasteiger partial charge >= 0.3 is 0 Å². The maximum absolute atomic E-state index is 12.0. The van der Waals surface area contributed by atoms with E-state index in [2.05, 4.69) is 0 Å². The molecule has 0 radical (unpaired) electrons. The highest BCUT2D eigenvalue weighted by atomic mass is 32.1. The van der Waals surface area contributed by atoms with Crippen molar-refractivity contribution in [3.63, 3.8) is 0 Å². The van der Waals surface area contributed by atoms with Gasteiger partial charge in [-0.25, -0.2) is 0 Å². The highest BCUT2D eigenvalue weighted by Gasteiger charge is 2.42. The Kier molecular flexibility index (Phi) is 2.16. The van der Waals surface area contributed by atoms with Crippen molar-refractivity contribution in [2.24, 2.45) is 5.41 Å². The standard InChI is InChI=1S/C12H13NO2S/c14-8-12(5-6-12)7-13-11(15)9-3-1-2-4-10(9)16-13/h1-4,14H,5-8H2. The number of hydrogen-bond acceptors (Lipinski definition) is 3. The third-order valence-corrected chi connectivity index (χ3v) is 4.39. The lowest BCUT2D eigenvalue weighted by molar-refractivity contribution is 0.197. The minimum atomic E-state index is -0.00922. The molecule has 1 N–H and O–H groups in total. The fraction of sp³-hybridized carbons (Fsp3) is 0.417. The monoisotopic (exact) mass is 235 g/mol. The molecule has 1 aromatic heterocycles. The van der Waals surface area contributed by atoms with Crippen molar-refractivity contribution in [3.8, 4) is 0 Å². The maximum atomic E-state index is 12.0. The second kappa shape index (κ2) is 3.43. The van der Waals surface area contributed by atoms with Crippen molar-refractivity contribution >= 4 is 21.6 Å². The smallest absolute Gasteiger partial charge is 0.268 e. The molecule has 0 bridgehead atoms. The van der Waals surface area contributed by atoms with E-state index in [0.29, 0.717) is 6.54 Å². The lowest BCUT2D eigenvalue weighted by Crippen LogP contribution is -2.21. The van der Waals surface area contributed by atoms with Crippen LogP contribution in [0, 0.1) is 5.41 Å². The van der Waals surface area contributed by atoms with Gasteiger partial charge in [0, 0.05) is 12.0 Å². The molecule has 1 aromatic carbocycles. The first-order chi connectivity index (χ1) is 7.74. The van der Waals surface area contributed by atoms with Gasteiger partial charge in [-0.2, -0.15) is 0 Å². The molecule has 1 saturated carbocycles. The van der Waals surface area contributed by atoms with Crippen LogP contribution in [0.25, 0.3) is 10.1 Å². The van der Waals surface area contributed by atoms with E-state index >= 15 is 0 Å². The second-order valence-corrected chi connectivity index (χ2v) is 5.65. The summed E-state index contributed by atoms with van der Waals surface area (Å²) < 4.78 is 2.81. The second-order valence-electron chi connectivity index (χ2n) is 4.59. The van der Waals surface area contributed by atoms with Crippen LogP contribution < -0.4 is 5.56 Å². The molecule has 3 rings (SSSR count). The number of benzene rings is 1. The Morgan fingerprint density at radius 2 is 2.12 bits per heavy atom. The molecule has 16 heavy (non-hydrogen) atoms. The highest BCUT2D eigenvalue weighted by Crippen LogP contribution is 2.46. The summed E-state index contributed by atoms with van der Waals surface area (Å²) >= 11 is 1.50. The number of hydrogen-bond donors (Lipinski definition) is 1. The molecule has 0 unspecified atom stereocenters. The van der Waals surface area contributed by atoms with Crippen molar-refractivity contribution in [1.29, 1.82) is 0 Å². The zero-order chi connectivity index (χ0) is 11.2. The van der Waals surface area contributed by atoms with Crippen LogP contribution in [0.5, 0.6) is 0 Å². The normalized spacial score (nSPS) is 17.8. The quantitative estimate of drug-likeness (QED) is 0.882. The largest absolute Gasteiger partial charge is 0.396 e. The summed E-state index contributed by atoms with van der Waals surface area (Å²) in [6, 6.07) is 7.67. The predicted octanol–water partition coefficient (Wildman–Crippen LogP) is 1.84. The van der Waals surface area contributed by atoms with Crippen LogP contribution in [0.15, 0.2) is 29.1 Å². The highest BCUT2D eigenvalue weighted by molar-refractivity contribution is 7.13. The van der Waals surface area contributed by atoms with Crippen molar-refractivity contribution < 1.29 is 5.11 Å². The number of aromatic nitrogens is 1. The van der Waals surface area contributed by atoms with Crippen LogP contribution in [-0.2, 0) is 6.54 Å². The summed E-state index contributed by atoms with van der Waals surface area (Å²) in [5.41, 5.74) is 0.0744.